The van der Waals surface area contributed by atoms with Gasteiger partial charge in [-0.25, -0.2) is 4.79 Å². The largest absolute Gasteiger partial charge is 0.477 e. The van der Waals surface area contributed by atoms with Crippen molar-refractivity contribution in [2.45, 2.75) is 13.0 Å². The van der Waals surface area contributed by atoms with Crippen LogP contribution in [0.15, 0.2) is 36.5 Å². The van der Waals surface area contributed by atoms with Gasteiger partial charge in [0.25, 0.3) is 0 Å². The summed E-state index contributed by atoms with van der Waals surface area (Å²) in [4.78, 5) is 13.6. The number of aryl methyl sites for hydroxylation is 1. The van der Waals surface area contributed by atoms with Crippen LogP contribution in [0, 0.1) is 0 Å². The number of aromatic carboxylic acids is 1. The van der Waals surface area contributed by atoms with E-state index < -0.39 is 5.97 Å². The van der Waals surface area contributed by atoms with E-state index in [0.717, 1.165) is 37.4 Å². The van der Waals surface area contributed by atoms with Gasteiger partial charge in [0.05, 0.1) is 13.2 Å². The van der Waals surface area contributed by atoms with Crippen LogP contribution in [0.3, 0.4) is 0 Å². The molecule has 0 saturated carbocycles. The van der Waals surface area contributed by atoms with Gasteiger partial charge in [-0.2, -0.15) is 0 Å². The molecule has 1 fully saturated rings. The molecule has 1 aliphatic heterocycles. The molecule has 1 aromatic heterocycles. The SMILES string of the molecule is C[C@@H](c1ccc(-c2cc(C(=O)O)n(C)c2)cc1)N1CCOCC1. The number of carbonyl (C=O) groups is 1. The van der Waals surface area contributed by atoms with Crippen LogP contribution in [0.25, 0.3) is 11.1 Å². The molecule has 1 atom stereocenters. The van der Waals surface area contributed by atoms with E-state index in [-0.39, 0.29) is 0 Å². The summed E-state index contributed by atoms with van der Waals surface area (Å²) in [6.45, 7) is 5.73. The van der Waals surface area contributed by atoms with Gasteiger partial charge in [-0.1, -0.05) is 24.3 Å². The standard InChI is InChI=1S/C18H22N2O3/c1-13(20-7-9-23-10-8-20)14-3-5-15(6-4-14)16-11-17(18(21)22)19(2)12-16/h3-6,11-13H,7-10H2,1-2H3,(H,21,22)/t13-/m0/s1. The number of nitrogens with zero attached hydrogens (tertiary/aromatic N) is 2. The Morgan fingerprint density at radius 1 is 1.17 bits per heavy atom. The van der Waals surface area contributed by atoms with Gasteiger partial charge in [-0.3, -0.25) is 4.90 Å². The molecule has 0 aliphatic carbocycles. The summed E-state index contributed by atoms with van der Waals surface area (Å²) >= 11 is 0. The monoisotopic (exact) mass is 314 g/mol. The van der Waals surface area contributed by atoms with E-state index in [1.54, 1.807) is 17.7 Å². The third-order valence-corrected chi connectivity index (χ3v) is 4.54. The molecule has 2 aromatic rings. The van der Waals surface area contributed by atoms with Crippen molar-refractivity contribution < 1.29 is 14.6 Å². The van der Waals surface area contributed by atoms with Crippen LogP contribution in [0.5, 0.6) is 0 Å². The highest BCUT2D eigenvalue weighted by molar-refractivity contribution is 5.88. The maximum absolute atomic E-state index is 11.1. The molecule has 1 N–H and O–H groups in total. The van der Waals surface area contributed by atoms with Crippen LogP contribution in [0.1, 0.15) is 29.0 Å². The zero-order chi connectivity index (χ0) is 16.4. The highest BCUT2D eigenvalue weighted by atomic mass is 16.5. The lowest BCUT2D eigenvalue weighted by atomic mass is 10.0. The topological polar surface area (TPSA) is 54.7 Å². The molecule has 5 heteroatoms. The zero-order valence-corrected chi connectivity index (χ0v) is 13.5. The second-order valence-corrected chi connectivity index (χ2v) is 5.98. The van der Waals surface area contributed by atoms with Crippen LogP contribution in [0.2, 0.25) is 0 Å². The minimum atomic E-state index is -0.906. The Morgan fingerprint density at radius 3 is 2.39 bits per heavy atom. The van der Waals surface area contributed by atoms with Crippen molar-refractivity contribution >= 4 is 5.97 Å². The number of hydrogen-bond donors (Lipinski definition) is 1. The van der Waals surface area contributed by atoms with E-state index in [4.69, 9.17) is 9.84 Å². The number of aromatic nitrogens is 1. The molecule has 2 heterocycles. The third kappa shape index (κ3) is 3.30. The van der Waals surface area contributed by atoms with Gasteiger partial charge in [-0.15, -0.1) is 0 Å². The van der Waals surface area contributed by atoms with E-state index in [2.05, 4.69) is 36.1 Å². The molecule has 0 spiro atoms. The minimum Gasteiger partial charge on any atom is -0.477 e. The Hall–Kier alpha value is -2.11. The number of ether oxygens (including phenoxy) is 1. The van der Waals surface area contributed by atoms with Crippen LogP contribution in [-0.4, -0.2) is 46.8 Å². The van der Waals surface area contributed by atoms with E-state index in [9.17, 15) is 4.79 Å². The Kier molecular flexibility index (Phi) is 4.50. The molecule has 5 nitrogen and oxygen atoms in total. The van der Waals surface area contributed by atoms with Gasteiger partial charge in [0.15, 0.2) is 0 Å². The van der Waals surface area contributed by atoms with Crippen LogP contribution in [0.4, 0.5) is 0 Å². The van der Waals surface area contributed by atoms with Crippen LogP contribution in [-0.2, 0) is 11.8 Å². The lowest BCUT2D eigenvalue weighted by molar-refractivity contribution is 0.0198. The summed E-state index contributed by atoms with van der Waals surface area (Å²) in [5.41, 5.74) is 3.53. The number of carboxylic acids is 1. The quantitative estimate of drug-likeness (QED) is 0.943. The lowest BCUT2D eigenvalue weighted by Crippen LogP contribution is -2.37. The van der Waals surface area contributed by atoms with Gasteiger partial charge in [0, 0.05) is 37.9 Å². The van der Waals surface area contributed by atoms with E-state index in [1.165, 1.54) is 5.56 Å². The molecule has 1 aromatic carbocycles. The van der Waals surface area contributed by atoms with E-state index >= 15 is 0 Å². The fraction of sp³-hybridized carbons (Fsp3) is 0.389. The Bertz CT molecular complexity index is 685. The Labute approximate surface area is 136 Å². The summed E-state index contributed by atoms with van der Waals surface area (Å²) in [7, 11) is 1.75. The van der Waals surface area contributed by atoms with Crippen molar-refractivity contribution in [3.8, 4) is 11.1 Å². The maximum Gasteiger partial charge on any atom is 0.352 e. The zero-order valence-electron chi connectivity index (χ0n) is 13.5. The molecule has 3 rings (SSSR count). The van der Waals surface area contributed by atoms with Crippen molar-refractivity contribution in [2.24, 2.45) is 7.05 Å². The number of morpholine rings is 1. The normalized spacial score (nSPS) is 17.1. The predicted molar refractivity (Wildman–Crippen MR) is 88.6 cm³/mol. The van der Waals surface area contributed by atoms with Crippen LogP contribution >= 0.6 is 0 Å². The van der Waals surface area contributed by atoms with Crippen molar-refractivity contribution in [2.75, 3.05) is 26.3 Å². The molecule has 122 valence electrons. The van der Waals surface area contributed by atoms with Gasteiger partial charge < -0.3 is 14.4 Å². The predicted octanol–water partition coefficient (Wildman–Crippen LogP) is 2.78. The fourth-order valence-electron chi connectivity index (χ4n) is 3.06. The number of rotatable bonds is 4. The number of hydrogen-bond acceptors (Lipinski definition) is 3. The molecule has 0 bridgehead atoms. The van der Waals surface area contributed by atoms with Gasteiger partial charge in [0.2, 0.25) is 0 Å². The molecule has 0 amide bonds. The van der Waals surface area contributed by atoms with Crippen LogP contribution < -0.4 is 0 Å². The Morgan fingerprint density at radius 2 is 1.83 bits per heavy atom. The highest BCUT2D eigenvalue weighted by Crippen LogP contribution is 2.26. The van der Waals surface area contributed by atoms with Crippen molar-refractivity contribution in [1.29, 1.82) is 0 Å². The van der Waals surface area contributed by atoms with Gasteiger partial charge in [-0.05, 0) is 24.1 Å². The molecule has 1 aliphatic rings. The second-order valence-electron chi connectivity index (χ2n) is 5.98. The summed E-state index contributed by atoms with van der Waals surface area (Å²) in [6.07, 6.45) is 1.85. The maximum atomic E-state index is 11.1. The smallest absolute Gasteiger partial charge is 0.352 e. The van der Waals surface area contributed by atoms with E-state index in [1.807, 2.05) is 6.20 Å². The first-order valence-electron chi connectivity index (χ1n) is 7.88. The van der Waals surface area contributed by atoms with Gasteiger partial charge in [0.1, 0.15) is 5.69 Å². The molecule has 23 heavy (non-hydrogen) atoms. The fourth-order valence-corrected chi connectivity index (χ4v) is 3.06. The number of benzene rings is 1. The average molecular weight is 314 g/mol. The Balaban J connectivity index is 1.79. The molecular formula is C18H22N2O3. The van der Waals surface area contributed by atoms with E-state index in [0.29, 0.717) is 11.7 Å². The first-order valence-corrected chi connectivity index (χ1v) is 7.88. The third-order valence-electron chi connectivity index (χ3n) is 4.54. The average Bonchev–Trinajstić information content (AvgIpc) is 2.97. The first-order chi connectivity index (χ1) is 11.1. The minimum absolute atomic E-state index is 0.297. The summed E-state index contributed by atoms with van der Waals surface area (Å²) in [5.74, 6) is -0.906. The highest BCUT2D eigenvalue weighted by Gasteiger charge is 2.18. The molecular weight excluding hydrogens is 292 g/mol. The second kappa shape index (κ2) is 6.56. The van der Waals surface area contributed by atoms with Crippen molar-refractivity contribution in [3.63, 3.8) is 0 Å². The molecule has 0 radical (unpaired) electrons. The first kappa shape index (κ1) is 15.8. The van der Waals surface area contributed by atoms with Gasteiger partial charge >= 0.3 is 5.97 Å². The summed E-state index contributed by atoms with van der Waals surface area (Å²) in [5, 5.41) is 9.15. The lowest BCUT2D eigenvalue weighted by Gasteiger charge is -2.32. The molecule has 1 saturated heterocycles. The molecule has 0 unspecified atom stereocenters. The van der Waals surface area contributed by atoms with Crippen molar-refractivity contribution in [3.05, 3.63) is 47.8 Å². The summed E-state index contributed by atoms with van der Waals surface area (Å²) in [6, 6.07) is 10.5. The number of carboxylic acid groups (broad SMARTS) is 1. The summed E-state index contributed by atoms with van der Waals surface area (Å²) < 4.78 is 7.04. The van der Waals surface area contributed by atoms with Crippen molar-refractivity contribution in [1.82, 2.24) is 9.47 Å².